The molecule has 3 aromatic rings. The number of nitrogens with two attached hydrogens (primary N) is 7. The average molecular weight is 1350 g/mol. The predicted molar refractivity (Wildman–Crippen MR) is 365 cm³/mol. The number of unbranched alkanes of at least 4 members (excludes halogenated alkanes) is 2. The molecule has 10 atom stereocenters. The second-order valence-electron chi connectivity index (χ2n) is 24.3. The first-order chi connectivity index (χ1) is 46.6. The van der Waals surface area contributed by atoms with Crippen molar-refractivity contribution in [1.29, 1.82) is 0 Å². The maximum Gasteiger partial charge on any atom is 0.326 e. The molecule has 2 heterocycles. The van der Waals surface area contributed by atoms with Crippen LogP contribution in [0, 0.1) is 0 Å². The lowest BCUT2D eigenvalue weighted by Crippen LogP contribution is -2.59. The third-order valence-corrected chi connectivity index (χ3v) is 16.7. The molecule has 31 heteroatoms. The van der Waals surface area contributed by atoms with Crippen molar-refractivity contribution in [2.75, 3.05) is 59.0 Å². The van der Waals surface area contributed by atoms with Crippen molar-refractivity contribution in [3.8, 4) is 0 Å². The second-order valence-corrected chi connectivity index (χ2v) is 24.3. The van der Waals surface area contributed by atoms with Crippen LogP contribution >= 0.6 is 0 Å². The smallest absolute Gasteiger partial charge is 0.326 e. The Morgan fingerprint density at radius 1 is 0.505 bits per heavy atom. The van der Waals surface area contributed by atoms with E-state index < -0.39 is 133 Å². The number of carbonyl (C=O) groups is 10. The highest BCUT2D eigenvalue weighted by Gasteiger charge is 2.44. The number of aliphatic carboxylic acids is 1. The number of carbonyl (C=O) groups excluding carboxylic acids is 9. The molecule has 97 heavy (non-hydrogen) atoms. The van der Waals surface area contributed by atoms with Gasteiger partial charge in [-0.3, -0.25) is 53.1 Å². The van der Waals surface area contributed by atoms with Gasteiger partial charge in [0.2, 0.25) is 53.2 Å². The van der Waals surface area contributed by atoms with E-state index in [2.05, 4.69) is 52.5 Å². The van der Waals surface area contributed by atoms with Gasteiger partial charge in [-0.25, -0.2) is 4.79 Å². The van der Waals surface area contributed by atoms with Gasteiger partial charge in [-0.15, -0.1) is 0 Å². The number of carboxylic acid groups (broad SMARTS) is 1. The summed E-state index contributed by atoms with van der Waals surface area (Å²) in [5.41, 5.74) is 41.7. The number of nitrogens with zero attached hydrogens (tertiary/aromatic N) is 4. The molecule has 3 aromatic carbocycles. The van der Waals surface area contributed by atoms with Gasteiger partial charge in [-0.2, -0.15) is 0 Å². The SMILES string of the molecule is NCCCC[C@@H](N)C(=O)N[C@H](CCCCN)C(=O)N[C@@H](CCCN=C(N)N)C(=O)N1CCC[C@H]1C(=O)N1CCC[C@H]1C(=O)NCC(=O)N[C@@H](Cc1ccccc1)C(=O)N[C@@H](CO)C(=O)N[C@@H](CN[C@@H](Cc1ccccc1)C(=O)N[C@@H](CCCN=C(N)N)C(=O)O)Cc1ccccc1. The fourth-order valence-electron chi connectivity index (χ4n) is 11.6. The topological polar surface area (TPSA) is 521 Å². The Morgan fingerprint density at radius 2 is 0.969 bits per heavy atom. The lowest BCUT2D eigenvalue weighted by Gasteiger charge is -2.33. The molecule has 0 bridgehead atoms. The Balaban J connectivity index is 1.26. The van der Waals surface area contributed by atoms with Gasteiger partial charge < -0.3 is 103 Å². The molecule has 24 N–H and O–H groups in total. The van der Waals surface area contributed by atoms with Gasteiger partial charge in [0.05, 0.1) is 25.2 Å². The van der Waals surface area contributed by atoms with Gasteiger partial charge in [0.1, 0.15) is 42.3 Å². The minimum absolute atomic E-state index is 0.0251. The van der Waals surface area contributed by atoms with Gasteiger partial charge in [0, 0.05) is 45.2 Å². The van der Waals surface area contributed by atoms with Crippen molar-refractivity contribution in [3.63, 3.8) is 0 Å². The van der Waals surface area contributed by atoms with Gasteiger partial charge in [-0.05, 0) is 126 Å². The van der Waals surface area contributed by atoms with Crippen LogP contribution in [0.4, 0.5) is 0 Å². The summed E-state index contributed by atoms with van der Waals surface area (Å²) in [5, 5.41) is 42.9. The molecule has 0 aliphatic carbocycles. The Morgan fingerprint density at radius 3 is 1.53 bits per heavy atom. The largest absolute Gasteiger partial charge is 0.480 e. The summed E-state index contributed by atoms with van der Waals surface area (Å²) in [4.78, 5) is 150. The van der Waals surface area contributed by atoms with Crippen LogP contribution in [0.5, 0.6) is 0 Å². The molecule has 0 saturated carbocycles. The van der Waals surface area contributed by atoms with Crippen LogP contribution in [0.2, 0.25) is 0 Å². The highest BCUT2D eigenvalue weighted by molar-refractivity contribution is 5.98. The Labute approximate surface area is 565 Å². The fourth-order valence-corrected chi connectivity index (χ4v) is 11.6. The van der Waals surface area contributed by atoms with Crippen molar-refractivity contribution < 1.29 is 58.2 Å². The van der Waals surface area contributed by atoms with Crippen molar-refractivity contribution in [3.05, 3.63) is 108 Å². The molecular weight excluding hydrogens is 1250 g/mol. The van der Waals surface area contributed by atoms with Gasteiger partial charge in [-0.1, -0.05) is 97.4 Å². The zero-order valence-electron chi connectivity index (χ0n) is 55.1. The van der Waals surface area contributed by atoms with Crippen molar-refractivity contribution in [2.24, 2.45) is 50.1 Å². The number of aliphatic hydroxyl groups excluding tert-OH is 1. The summed E-state index contributed by atoms with van der Waals surface area (Å²) in [6.45, 7) is -0.212. The maximum absolute atomic E-state index is 14.6. The Bertz CT molecular complexity index is 3070. The molecule has 532 valence electrons. The van der Waals surface area contributed by atoms with E-state index in [1.165, 1.54) is 9.80 Å². The molecule has 0 aromatic heterocycles. The molecule has 9 amide bonds. The van der Waals surface area contributed by atoms with E-state index in [0.29, 0.717) is 63.6 Å². The molecule has 0 spiro atoms. The number of hydrogen-bond donors (Lipinski definition) is 17. The van der Waals surface area contributed by atoms with E-state index in [-0.39, 0.29) is 109 Å². The maximum atomic E-state index is 14.6. The fraction of sp³-hybridized carbons (Fsp3) is 0.545. The summed E-state index contributed by atoms with van der Waals surface area (Å²) in [6, 6.07) is 15.5. The molecule has 2 fully saturated rings. The first-order valence-electron chi connectivity index (χ1n) is 33.3. The first-order valence-corrected chi connectivity index (χ1v) is 33.3. The minimum Gasteiger partial charge on any atom is -0.480 e. The number of amides is 9. The molecule has 5 rings (SSSR count). The summed E-state index contributed by atoms with van der Waals surface area (Å²) in [6.07, 6.45) is 5.02. The molecule has 2 aliphatic heterocycles. The summed E-state index contributed by atoms with van der Waals surface area (Å²) in [7, 11) is 0. The van der Waals surface area contributed by atoms with Crippen LogP contribution < -0.4 is 82.7 Å². The highest BCUT2D eigenvalue weighted by Crippen LogP contribution is 2.26. The number of benzene rings is 3. The number of rotatable bonds is 43. The summed E-state index contributed by atoms with van der Waals surface area (Å²) >= 11 is 0. The zero-order valence-corrected chi connectivity index (χ0v) is 55.1. The van der Waals surface area contributed by atoms with Crippen LogP contribution in [-0.4, -0.2) is 210 Å². The summed E-state index contributed by atoms with van der Waals surface area (Å²) in [5.74, 6) is -7.60. The molecule has 2 aliphatic rings. The van der Waals surface area contributed by atoms with Gasteiger partial charge in [0.25, 0.3) is 0 Å². The van der Waals surface area contributed by atoms with Crippen molar-refractivity contribution in [2.45, 2.75) is 170 Å². The van der Waals surface area contributed by atoms with Crippen molar-refractivity contribution >= 4 is 71.1 Å². The number of aliphatic hydroxyl groups is 1. The van der Waals surface area contributed by atoms with Crippen molar-refractivity contribution in [1.82, 2.24) is 52.3 Å². The number of carboxylic acids is 1. The van der Waals surface area contributed by atoms with Crippen LogP contribution in [0.25, 0.3) is 0 Å². The van der Waals surface area contributed by atoms with E-state index >= 15 is 0 Å². The van der Waals surface area contributed by atoms with Crippen LogP contribution in [-0.2, 0) is 67.2 Å². The van der Waals surface area contributed by atoms with Gasteiger partial charge in [0.15, 0.2) is 11.9 Å². The quantitative estimate of drug-likeness (QED) is 0.0148. The lowest BCUT2D eigenvalue weighted by molar-refractivity contribution is -0.148. The highest BCUT2D eigenvalue weighted by atomic mass is 16.4. The van der Waals surface area contributed by atoms with Crippen LogP contribution in [0.1, 0.15) is 107 Å². The normalized spacial score (nSPS) is 16.7. The molecule has 0 unspecified atom stereocenters. The van der Waals surface area contributed by atoms with E-state index in [9.17, 15) is 58.2 Å². The molecule has 31 nitrogen and oxygen atoms in total. The average Bonchev–Trinajstić information content (AvgIpc) is 1.82. The number of likely N-dealkylation sites (tertiary alicyclic amines) is 2. The zero-order chi connectivity index (χ0) is 70.7. The van der Waals surface area contributed by atoms with Crippen LogP contribution in [0.15, 0.2) is 101 Å². The van der Waals surface area contributed by atoms with Gasteiger partial charge >= 0.3 is 5.97 Å². The third kappa shape index (κ3) is 27.4. The van der Waals surface area contributed by atoms with E-state index in [4.69, 9.17) is 40.1 Å². The number of hydrogen-bond acceptors (Lipinski definition) is 17. The second kappa shape index (κ2) is 42.3. The predicted octanol–water partition coefficient (Wildman–Crippen LogP) is -3.55. The first kappa shape index (κ1) is 78.4. The summed E-state index contributed by atoms with van der Waals surface area (Å²) < 4.78 is 0. The Hall–Kier alpha value is -9.30. The Kier molecular flexibility index (Phi) is 34.2. The van der Waals surface area contributed by atoms with E-state index in [1.807, 2.05) is 36.4 Å². The molecule has 2 saturated heterocycles. The van der Waals surface area contributed by atoms with Crippen LogP contribution in [0.3, 0.4) is 0 Å². The van der Waals surface area contributed by atoms with E-state index in [1.54, 1.807) is 54.6 Å². The number of guanidine groups is 2. The third-order valence-electron chi connectivity index (χ3n) is 16.7. The van der Waals surface area contributed by atoms with E-state index in [0.717, 1.165) is 11.1 Å². The number of nitrogens with one attached hydrogen (secondary N) is 8. The standard InChI is InChI=1S/C66H101N19O12/c67-30-12-10-24-46(69)56(88)80-47(25-11-13-31-68)57(89)81-48(26-14-32-74-65(70)71)62(94)85-35-17-29-54(85)63(95)84-34-16-28-53(84)61(93)77-40-55(87)79-51(38-44-22-8-3-9-23-44)59(91)83-52(41-86)60(92)78-45(36-42-18-4-1-5-19-42)39-76-50(37-43-20-6-2-7-21-43)58(90)82-49(64(96)97)27-15-33-75-66(72)73/h1-9,18-23,45-54,76,86H,10-17,24-41,67-69H2,(H,77,93)(H,78,92)(H,79,87)(H,80,88)(H,81,89)(H,82,90)(H,83,91)(H,96,97)(H4,70,71,74)(H4,72,73,75)/t45-,46-,47-,48+,49+,50+,51+,52+,53+,54+/m1/s1. The molecular formula is C66H101N19O12. The minimum atomic E-state index is -1.57. The lowest BCUT2D eigenvalue weighted by atomic mass is 10.0. The number of aliphatic imine (C=N–C) groups is 2. The molecule has 0 radical (unpaired) electrons. The monoisotopic (exact) mass is 1350 g/mol.